The first kappa shape index (κ1) is 46.4. The fourth-order valence-corrected chi connectivity index (χ4v) is 10.3. The van der Waals surface area contributed by atoms with Crippen LogP contribution in [-0.4, -0.2) is 134 Å². The van der Waals surface area contributed by atoms with Gasteiger partial charge >= 0.3 is 0 Å². The number of sulfonamides is 2. The van der Waals surface area contributed by atoms with E-state index in [1.165, 1.54) is 0 Å². The van der Waals surface area contributed by atoms with Crippen molar-refractivity contribution in [2.45, 2.75) is 9.79 Å². The Kier molecular flexibility index (Phi) is 15.5. The smallest absolute Gasteiger partial charge is 0.241 e. The van der Waals surface area contributed by atoms with Gasteiger partial charge in [0.05, 0.1) is 9.79 Å². The van der Waals surface area contributed by atoms with Crippen molar-refractivity contribution in [2.75, 3.05) is 117 Å². The molecular formula is C48H58N6O8S2. The maximum atomic E-state index is 13.7. The van der Waals surface area contributed by atoms with Crippen LogP contribution in [0.1, 0.15) is 0 Å². The molecule has 0 atom stereocenters. The molecule has 0 aliphatic carbocycles. The lowest BCUT2D eigenvalue weighted by molar-refractivity contribution is 0.156. The molecule has 1 aliphatic rings. The molecule has 0 aromatic heterocycles. The van der Waals surface area contributed by atoms with Crippen LogP contribution in [0.25, 0.3) is 21.5 Å². The molecule has 14 nitrogen and oxygen atoms in total. The minimum atomic E-state index is -3.84. The second-order valence-corrected chi connectivity index (χ2v) is 19.3. The predicted molar refractivity (Wildman–Crippen MR) is 255 cm³/mol. The summed E-state index contributed by atoms with van der Waals surface area (Å²) in [6.45, 7) is 4.32. The lowest BCUT2D eigenvalue weighted by atomic mass is 10.1. The van der Waals surface area contributed by atoms with Gasteiger partial charge in [0, 0.05) is 113 Å². The molecule has 16 heteroatoms. The van der Waals surface area contributed by atoms with Gasteiger partial charge in [0.15, 0.2) is 23.0 Å². The first-order valence-electron chi connectivity index (χ1n) is 21.4. The maximum absolute atomic E-state index is 13.7. The highest BCUT2D eigenvalue weighted by Crippen LogP contribution is 2.32. The Balaban J connectivity index is 1.01. The zero-order valence-corrected chi connectivity index (χ0v) is 38.5. The van der Waals surface area contributed by atoms with Crippen molar-refractivity contribution >= 4 is 53.0 Å². The molecule has 2 N–H and O–H groups in total. The fourth-order valence-electron chi connectivity index (χ4n) is 7.80. The number of anilines is 2. The molecule has 1 aliphatic heterocycles. The van der Waals surface area contributed by atoms with Gasteiger partial charge in [-0.2, -0.15) is 0 Å². The lowest BCUT2D eigenvalue weighted by Crippen LogP contribution is -2.39. The standard InChI is InChI=1S/C48H58N6O8S2/c1-51(2)41-17-9-15-39-37(41)13-11-23-47(39)63(55,56)49-25-27-53-29-33-59-43-19-5-7-21-45(43)61-35-31-54(32-36-62-46-22-8-6-20-44(46)60-34-30-53)28-26-50-64(57,58)48-24-12-14-38-40(48)16-10-18-42(38)52(3)4/h5-24,49-50H,25-36H2,1-4H3. The predicted octanol–water partition coefficient (Wildman–Crippen LogP) is 5.92. The normalized spacial score (nSPS) is 15.1. The zero-order valence-electron chi connectivity index (χ0n) is 36.9. The van der Waals surface area contributed by atoms with Crippen molar-refractivity contribution in [3.63, 3.8) is 0 Å². The minimum absolute atomic E-state index is 0.171. The summed E-state index contributed by atoms with van der Waals surface area (Å²) in [5.74, 6) is 2.32. The molecular weight excluding hydrogens is 853 g/mol. The molecule has 64 heavy (non-hydrogen) atoms. The van der Waals surface area contributed by atoms with Crippen LogP contribution in [0.15, 0.2) is 131 Å². The zero-order chi connectivity index (χ0) is 45.1. The van der Waals surface area contributed by atoms with E-state index in [-0.39, 0.29) is 22.9 Å². The molecule has 6 aromatic rings. The van der Waals surface area contributed by atoms with Gasteiger partial charge in [-0.3, -0.25) is 9.80 Å². The topological polar surface area (TPSA) is 142 Å². The van der Waals surface area contributed by atoms with E-state index in [1.54, 1.807) is 24.3 Å². The number of benzene rings is 6. The number of para-hydroxylation sites is 4. The van der Waals surface area contributed by atoms with Crippen molar-refractivity contribution in [3.8, 4) is 23.0 Å². The number of ether oxygens (including phenoxy) is 4. The molecule has 0 saturated heterocycles. The van der Waals surface area contributed by atoms with Crippen LogP contribution in [-0.2, 0) is 20.0 Å². The summed E-state index contributed by atoms with van der Waals surface area (Å²) in [5.41, 5.74) is 1.88. The summed E-state index contributed by atoms with van der Waals surface area (Å²) in [4.78, 5) is 8.60. The van der Waals surface area contributed by atoms with Crippen LogP contribution in [0.4, 0.5) is 11.4 Å². The third kappa shape index (κ3) is 11.5. The minimum Gasteiger partial charge on any atom is -0.488 e. The Labute approximate surface area is 377 Å². The van der Waals surface area contributed by atoms with E-state index in [4.69, 9.17) is 18.9 Å². The molecule has 0 bridgehead atoms. The van der Waals surface area contributed by atoms with Crippen LogP contribution in [0, 0.1) is 0 Å². The fraction of sp³-hybridized carbons (Fsp3) is 0.333. The Bertz CT molecular complexity index is 2490. The average molecular weight is 911 g/mol. The maximum Gasteiger partial charge on any atom is 0.241 e. The van der Waals surface area contributed by atoms with Gasteiger partial charge in [0.1, 0.15) is 26.4 Å². The van der Waals surface area contributed by atoms with E-state index in [2.05, 4.69) is 19.2 Å². The summed E-state index contributed by atoms with van der Waals surface area (Å²) in [5, 5.41) is 3.04. The number of fused-ring (bicyclic) bond motifs is 4. The highest BCUT2D eigenvalue weighted by molar-refractivity contribution is 7.90. The van der Waals surface area contributed by atoms with E-state index in [0.717, 1.165) is 22.1 Å². The second-order valence-electron chi connectivity index (χ2n) is 15.8. The summed E-state index contributed by atoms with van der Waals surface area (Å²) in [7, 11) is 0.0743. The Morgan fingerprint density at radius 1 is 0.438 bits per heavy atom. The number of nitrogens with one attached hydrogen (secondary N) is 2. The summed E-state index contributed by atoms with van der Waals surface area (Å²) >= 11 is 0. The average Bonchev–Trinajstić information content (AvgIpc) is 3.28. The van der Waals surface area contributed by atoms with E-state index < -0.39 is 20.0 Å². The summed E-state index contributed by atoms with van der Waals surface area (Å²) in [6, 6.07) is 37.0. The van der Waals surface area contributed by atoms with E-state index in [0.29, 0.717) is 99.5 Å². The van der Waals surface area contributed by atoms with Crippen LogP contribution in [0.3, 0.4) is 0 Å². The van der Waals surface area contributed by atoms with Crippen molar-refractivity contribution in [2.24, 2.45) is 0 Å². The van der Waals surface area contributed by atoms with E-state index in [9.17, 15) is 16.8 Å². The van der Waals surface area contributed by atoms with Gasteiger partial charge in [-0.05, 0) is 48.5 Å². The quantitative estimate of drug-likeness (QED) is 0.151. The van der Waals surface area contributed by atoms with Gasteiger partial charge in [0.25, 0.3) is 0 Å². The van der Waals surface area contributed by atoms with E-state index >= 15 is 0 Å². The van der Waals surface area contributed by atoms with E-state index in [1.807, 2.05) is 135 Å². The highest BCUT2D eigenvalue weighted by Gasteiger charge is 2.21. The molecule has 0 unspecified atom stereocenters. The summed E-state index contributed by atoms with van der Waals surface area (Å²) in [6.07, 6.45) is 0. The van der Waals surface area contributed by atoms with Gasteiger partial charge in [-0.25, -0.2) is 26.3 Å². The first-order valence-corrected chi connectivity index (χ1v) is 24.4. The molecule has 1 heterocycles. The number of nitrogens with zero attached hydrogens (tertiary/aromatic N) is 4. The SMILES string of the molecule is CN(C)c1cccc2c(S(=O)(=O)NCCN3CCOc4ccccc4OCCN(CCNS(=O)(=O)c4cccc5c(N(C)C)cccc45)CCOc4ccccc4OCC3)cccc12. The van der Waals surface area contributed by atoms with Crippen LogP contribution in [0.2, 0.25) is 0 Å². The van der Waals surface area contributed by atoms with Crippen molar-refractivity contribution in [1.82, 2.24) is 19.2 Å². The number of hydrogen-bond donors (Lipinski definition) is 2. The molecule has 340 valence electrons. The number of rotatable bonds is 12. The molecule has 0 amide bonds. The van der Waals surface area contributed by atoms with Gasteiger partial charge in [-0.15, -0.1) is 0 Å². The molecule has 7 rings (SSSR count). The highest BCUT2D eigenvalue weighted by atomic mass is 32.2. The third-order valence-electron chi connectivity index (χ3n) is 11.1. The lowest BCUT2D eigenvalue weighted by Gasteiger charge is -2.25. The summed E-state index contributed by atoms with van der Waals surface area (Å²) < 4.78 is 85.6. The Morgan fingerprint density at radius 3 is 1.08 bits per heavy atom. The second kappa shape index (κ2) is 21.4. The third-order valence-corrected chi connectivity index (χ3v) is 14.1. The van der Waals surface area contributed by atoms with Gasteiger partial charge in [0.2, 0.25) is 20.0 Å². The largest absolute Gasteiger partial charge is 0.488 e. The van der Waals surface area contributed by atoms with Crippen LogP contribution >= 0.6 is 0 Å². The Morgan fingerprint density at radius 2 is 0.750 bits per heavy atom. The van der Waals surface area contributed by atoms with Crippen LogP contribution < -0.4 is 38.2 Å². The van der Waals surface area contributed by atoms with Gasteiger partial charge in [-0.1, -0.05) is 72.8 Å². The van der Waals surface area contributed by atoms with Gasteiger partial charge < -0.3 is 28.7 Å². The van der Waals surface area contributed by atoms with Crippen molar-refractivity contribution in [3.05, 3.63) is 121 Å². The van der Waals surface area contributed by atoms with Crippen molar-refractivity contribution < 1.29 is 35.8 Å². The molecule has 0 spiro atoms. The molecule has 0 saturated carbocycles. The van der Waals surface area contributed by atoms with Crippen molar-refractivity contribution in [1.29, 1.82) is 0 Å². The molecule has 0 fully saturated rings. The molecule has 6 aromatic carbocycles. The number of hydrogen-bond acceptors (Lipinski definition) is 12. The molecule has 0 radical (unpaired) electrons. The first-order chi connectivity index (χ1) is 30.9. The van der Waals surface area contributed by atoms with Crippen LogP contribution in [0.5, 0.6) is 23.0 Å². The Hall–Kier alpha value is -5.62. The monoisotopic (exact) mass is 910 g/mol.